The van der Waals surface area contributed by atoms with E-state index in [0.717, 1.165) is 57.3 Å². The normalized spacial score (nSPS) is 16.6. The van der Waals surface area contributed by atoms with Crippen molar-refractivity contribution in [3.8, 4) is 0 Å². The van der Waals surface area contributed by atoms with Crippen LogP contribution in [0.25, 0.3) is 5.65 Å². The lowest BCUT2D eigenvalue weighted by Gasteiger charge is -2.29. The van der Waals surface area contributed by atoms with Gasteiger partial charge in [0.05, 0.1) is 25.5 Å². The molecule has 1 N–H and O–H groups in total. The van der Waals surface area contributed by atoms with E-state index >= 15 is 0 Å². The summed E-state index contributed by atoms with van der Waals surface area (Å²) >= 11 is 0. The first kappa shape index (κ1) is 15.4. The maximum absolute atomic E-state index is 9.29. The minimum absolute atomic E-state index is 0.177. The van der Waals surface area contributed by atoms with Crippen LogP contribution in [-0.4, -0.2) is 76.8 Å². The van der Waals surface area contributed by atoms with Crippen LogP contribution in [0.2, 0.25) is 0 Å². The van der Waals surface area contributed by atoms with Gasteiger partial charge in [-0.05, 0) is 12.1 Å². The predicted molar refractivity (Wildman–Crippen MR) is 84.8 cm³/mol. The molecule has 1 fully saturated rings. The molecule has 6 heteroatoms. The fourth-order valence-electron chi connectivity index (χ4n) is 2.81. The zero-order valence-electron chi connectivity index (χ0n) is 12.9. The van der Waals surface area contributed by atoms with E-state index in [4.69, 9.17) is 4.74 Å². The Kier molecular flexibility index (Phi) is 5.39. The second-order valence-electron chi connectivity index (χ2n) is 5.65. The molecular weight excluding hydrogens is 280 g/mol. The van der Waals surface area contributed by atoms with Crippen molar-refractivity contribution >= 4 is 5.65 Å². The van der Waals surface area contributed by atoms with Crippen LogP contribution < -0.4 is 0 Å². The summed E-state index contributed by atoms with van der Waals surface area (Å²) in [5.41, 5.74) is 2.01. The summed E-state index contributed by atoms with van der Waals surface area (Å²) in [6, 6.07) is 6.01. The second-order valence-corrected chi connectivity index (χ2v) is 5.65. The third-order valence-electron chi connectivity index (χ3n) is 4.05. The minimum Gasteiger partial charge on any atom is -0.395 e. The Morgan fingerprint density at radius 3 is 2.86 bits per heavy atom. The van der Waals surface area contributed by atoms with Gasteiger partial charge in [0.15, 0.2) is 0 Å². The molecule has 3 heterocycles. The van der Waals surface area contributed by atoms with Crippen LogP contribution in [0.3, 0.4) is 0 Å². The lowest BCUT2D eigenvalue weighted by Crippen LogP contribution is -2.41. The molecule has 120 valence electrons. The minimum atomic E-state index is 0.177. The Labute approximate surface area is 130 Å². The van der Waals surface area contributed by atoms with E-state index in [2.05, 4.69) is 21.0 Å². The first-order valence-electron chi connectivity index (χ1n) is 7.91. The van der Waals surface area contributed by atoms with Gasteiger partial charge in [-0.25, -0.2) is 4.98 Å². The molecule has 3 rings (SSSR count). The highest BCUT2D eigenvalue weighted by atomic mass is 16.5. The van der Waals surface area contributed by atoms with Crippen LogP contribution in [0, 0.1) is 0 Å². The van der Waals surface area contributed by atoms with Crippen molar-refractivity contribution < 1.29 is 9.84 Å². The molecule has 0 aliphatic carbocycles. The first-order chi connectivity index (χ1) is 10.8. The number of hydrogen-bond donors (Lipinski definition) is 1. The molecule has 1 aliphatic rings. The molecular formula is C16H24N4O2. The van der Waals surface area contributed by atoms with E-state index in [9.17, 15) is 5.11 Å². The maximum atomic E-state index is 9.29. The molecule has 1 saturated heterocycles. The van der Waals surface area contributed by atoms with E-state index in [0.29, 0.717) is 6.54 Å². The number of aliphatic hydroxyl groups is 1. The highest BCUT2D eigenvalue weighted by Gasteiger charge is 2.13. The van der Waals surface area contributed by atoms with Crippen LogP contribution in [0.4, 0.5) is 0 Å². The van der Waals surface area contributed by atoms with Gasteiger partial charge in [-0.2, -0.15) is 0 Å². The predicted octanol–water partition coefficient (Wildman–Crippen LogP) is 0.461. The standard InChI is InChI=1S/C16H24N4O2/c21-10-7-19(6-5-18-8-11-22-12-9-18)13-15-14-20-4-2-1-3-16(20)17-15/h1-4,14,21H,5-13H2. The highest BCUT2D eigenvalue weighted by molar-refractivity contribution is 5.39. The third-order valence-corrected chi connectivity index (χ3v) is 4.05. The number of pyridine rings is 1. The average molecular weight is 304 g/mol. The van der Waals surface area contributed by atoms with Crippen molar-refractivity contribution in [2.75, 3.05) is 52.5 Å². The van der Waals surface area contributed by atoms with Crippen molar-refractivity contribution in [3.05, 3.63) is 36.3 Å². The molecule has 0 amide bonds. The van der Waals surface area contributed by atoms with Crippen molar-refractivity contribution in [2.24, 2.45) is 0 Å². The Morgan fingerprint density at radius 2 is 2.09 bits per heavy atom. The monoisotopic (exact) mass is 304 g/mol. The number of morpholine rings is 1. The molecule has 2 aromatic heterocycles. The molecule has 1 aliphatic heterocycles. The van der Waals surface area contributed by atoms with Crippen LogP contribution >= 0.6 is 0 Å². The van der Waals surface area contributed by atoms with E-state index in [-0.39, 0.29) is 6.61 Å². The fourth-order valence-corrected chi connectivity index (χ4v) is 2.81. The van der Waals surface area contributed by atoms with Gasteiger partial charge in [0.2, 0.25) is 0 Å². The van der Waals surface area contributed by atoms with Crippen LogP contribution in [0.5, 0.6) is 0 Å². The maximum Gasteiger partial charge on any atom is 0.137 e. The van der Waals surface area contributed by atoms with Crippen molar-refractivity contribution in [1.82, 2.24) is 19.2 Å². The summed E-state index contributed by atoms with van der Waals surface area (Å²) in [5.74, 6) is 0. The van der Waals surface area contributed by atoms with Crippen molar-refractivity contribution in [1.29, 1.82) is 0 Å². The molecule has 0 spiro atoms. The summed E-state index contributed by atoms with van der Waals surface area (Å²) in [7, 11) is 0. The Hall–Kier alpha value is -1.47. The molecule has 0 aromatic carbocycles. The quantitative estimate of drug-likeness (QED) is 0.805. The number of fused-ring (bicyclic) bond motifs is 1. The summed E-state index contributed by atoms with van der Waals surface area (Å²) in [6.07, 6.45) is 4.07. The Bertz CT molecular complexity index is 547. The van der Waals surface area contributed by atoms with Gasteiger partial charge in [0, 0.05) is 51.7 Å². The van der Waals surface area contributed by atoms with Crippen LogP contribution in [-0.2, 0) is 11.3 Å². The lowest BCUT2D eigenvalue weighted by molar-refractivity contribution is 0.0319. The molecule has 0 unspecified atom stereocenters. The van der Waals surface area contributed by atoms with E-state index in [1.54, 1.807) is 0 Å². The number of hydrogen-bond acceptors (Lipinski definition) is 5. The Balaban J connectivity index is 1.58. The summed E-state index contributed by atoms with van der Waals surface area (Å²) < 4.78 is 7.41. The fraction of sp³-hybridized carbons (Fsp3) is 0.562. The van der Waals surface area contributed by atoms with Crippen LogP contribution in [0.15, 0.2) is 30.6 Å². The number of nitrogens with zero attached hydrogens (tertiary/aromatic N) is 4. The number of rotatable bonds is 7. The molecule has 0 bridgehead atoms. The van der Waals surface area contributed by atoms with Gasteiger partial charge in [0.25, 0.3) is 0 Å². The lowest BCUT2D eigenvalue weighted by atomic mass is 10.3. The van der Waals surface area contributed by atoms with Gasteiger partial charge in [-0.3, -0.25) is 9.80 Å². The third kappa shape index (κ3) is 4.04. The summed E-state index contributed by atoms with van der Waals surface area (Å²) in [6.45, 7) is 7.23. The van der Waals surface area contributed by atoms with Gasteiger partial charge in [0.1, 0.15) is 5.65 Å². The van der Waals surface area contributed by atoms with Gasteiger partial charge >= 0.3 is 0 Å². The van der Waals surface area contributed by atoms with Crippen LogP contribution in [0.1, 0.15) is 5.69 Å². The summed E-state index contributed by atoms with van der Waals surface area (Å²) in [5, 5.41) is 9.29. The topological polar surface area (TPSA) is 53.2 Å². The molecule has 0 radical (unpaired) electrons. The van der Waals surface area contributed by atoms with Gasteiger partial charge < -0.3 is 14.2 Å². The molecule has 0 saturated carbocycles. The van der Waals surface area contributed by atoms with E-state index in [1.807, 2.05) is 28.8 Å². The van der Waals surface area contributed by atoms with E-state index in [1.165, 1.54) is 0 Å². The number of aliphatic hydroxyl groups excluding tert-OH is 1. The van der Waals surface area contributed by atoms with Crippen molar-refractivity contribution in [3.63, 3.8) is 0 Å². The molecule has 6 nitrogen and oxygen atoms in total. The number of aromatic nitrogens is 2. The molecule has 2 aromatic rings. The zero-order chi connectivity index (χ0) is 15.2. The van der Waals surface area contributed by atoms with Gasteiger partial charge in [-0.1, -0.05) is 6.07 Å². The Morgan fingerprint density at radius 1 is 1.23 bits per heavy atom. The number of ether oxygens (including phenoxy) is 1. The zero-order valence-corrected chi connectivity index (χ0v) is 12.9. The summed E-state index contributed by atoms with van der Waals surface area (Å²) in [4.78, 5) is 9.31. The smallest absolute Gasteiger partial charge is 0.137 e. The first-order valence-corrected chi connectivity index (χ1v) is 7.91. The largest absolute Gasteiger partial charge is 0.395 e. The van der Waals surface area contributed by atoms with Gasteiger partial charge in [-0.15, -0.1) is 0 Å². The molecule has 0 atom stereocenters. The highest BCUT2D eigenvalue weighted by Crippen LogP contribution is 2.08. The SMILES string of the molecule is OCCN(CCN1CCOCC1)Cc1cn2ccccc2n1. The van der Waals surface area contributed by atoms with Crippen molar-refractivity contribution in [2.45, 2.75) is 6.54 Å². The van der Waals surface area contributed by atoms with E-state index < -0.39 is 0 Å². The second kappa shape index (κ2) is 7.69. The average Bonchev–Trinajstić information content (AvgIpc) is 2.96. The molecule has 22 heavy (non-hydrogen) atoms. The number of imidazole rings is 1.